The first kappa shape index (κ1) is 12.1. The predicted molar refractivity (Wildman–Crippen MR) is 77.1 cm³/mol. The van der Waals surface area contributed by atoms with Crippen LogP contribution in [0, 0.1) is 0 Å². The standard InChI is InChI=1S/C15H19N3O/c1-15(6-2-3-7-15)18-14(19)13-9-10-8-11(16)4-5-12(10)17-13/h4-5,8-9,17H,2-3,6-7,16H2,1H3,(H,18,19). The Morgan fingerprint density at radius 1 is 1.32 bits per heavy atom. The summed E-state index contributed by atoms with van der Waals surface area (Å²) in [4.78, 5) is 15.4. The zero-order valence-electron chi connectivity index (χ0n) is 11.1. The molecule has 0 atom stereocenters. The molecular weight excluding hydrogens is 238 g/mol. The summed E-state index contributed by atoms with van der Waals surface area (Å²) in [5, 5.41) is 4.12. The topological polar surface area (TPSA) is 70.9 Å². The summed E-state index contributed by atoms with van der Waals surface area (Å²) in [6.45, 7) is 2.12. The van der Waals surface area contributed by atoms with E-state index in [2.05, 4.69) is 17.2 Å². The Kier molecular flexibility index (Phi) is 2.73. The molecule has 1 aliphatic rings. The molecule has 1 amide bonds. The molecule has 4 N–H and O–H groups in total. The molecule has 19 heavy (non-hydrogen) atoms. The number of aromatic nitrogens is 1. The lowest BCUT2D eigenvalue weighted by atomic mass is 10.0. The average molecular weight is 257 g/mol. The lowest BCUT2D eigenvalue weighted by Gasteiger charge is -2.24. The van der Waals surface area contributed by atoms with Gasteiger partial charge < -0.3 is 16.0 Å². The number of rotatable bonds is 2. The van der Waals surface area contributed by atoms with E-state index in [1.807, 2.05) is 24.3 Å². The lowest BCUT2D eigenvalue weighted by molar-refractivity contribution is 0.0904. The molecule has 4 nitrogen and oxygen atoms in total. The van der Waals surface area contributed by atoms with E-state index in [4.69, 9.17) is 5.73 Å². The number of fused-ring (bicyclic) bond motifs is 1. The Morgan fingerprint density at radius 3 is 2.79 bits per heavy atom. The van der Waals surface area contributed by atoms with Crippen LogP contribution in [0.2, 0.25) is 0 Å². The van der Waals surface area contributed by atoms with Crippen molar-refractivity contribution >= 4 is 22.5 Å². The molecule has 4 heteroatoms. The lowest BCUT2D eigenvalue weighted by Crippen LogP contribution is -2.43. The van der Waals surface area contributed by atoms with Gasteiger partial charge in [-0.15, -0.1) is 0 Å². The van der Waals surface area contributed by atoms with Crippen molar-refractivity contribution in [1.29, 1.82) is 0 Å². The third kappa shape index (κ3) is 2.30. The van der Waals surface area contributed by atoms with Gasteiger partial charge in [-0.3, -0.25) is 4.79 Å². The first-order valence-corrected chi connectivity index (χ1v) is 6.77. The van der Waals surface area contributed by atoms with E-state index in [9.17, 15) is 4.79 Å². The monoisotopic (exact) mass is 257 g/mol. The number of H-pyrrole nitrogens is 1. The molecule has 1 fully saturated rings. The van der Waals surface area contributed by atoms with E-state index in [0.717, 1.165) is 23.7 Å². The molecule has 100 valence electrons. The maximum atomic E-state index is 12.3. The molecular formula is C15H19N3O. The predicted octanol–water partition coefficient (Wildman–Crippen LogP) is 2.81. The molecule has 2 aromatic rings. The summed E-state index contributed by atoms with van der Waals surface area (Å²) in [6.07, 6.45) is 4.51. The molecule has 0 spiro atoms. The van der Waals surface area contributed by atoms with Crippen LogP contribution in [-0.4, -0.2) is 16.4 Å². The number of benzene rings is 1. The Morgan fingerprint density at radius 2 is 2.05 bits per heavy atom. The SMILES string of the molecule is CC1(NC(=O)c2cc3cc(N)ccc3[nH]2)CCCC1. The van der Waals surface area contributed by atoms with Crippen LogP contribution in [0.25, 0.3) is 10.9 Å². The second-order valence-electron chi connectivity index (χ2n) is 5.75. The number of carbonyl (C=O) groups excluding carboxylic acids is 1. The van der Waals surface area contributed by atoms with Crippen molar-refractivity contribution < 1.29 is 4.79 Å². The van der Waals surface area contributed by atoms with Gasteiger partial charge in [0.25, 0.3) is 5.91 Å². The van der Waals surface area contributed by atoms with Gasteiger partial charge in [0, 0.05) is 22.1 Å². The van der Waals surface area contributed by atoms with Crippen molar-refractivity contribution in [2.45, 2.75) is 38.1 Å². The van der Waals surface area contributed by atoms with Crippen molar-refractivity contribution in [2.75, 3.05) is 5.73 Å². The number of hydrogen-bond donors (Lipinski definition) is 3. The third-order valence-corrected chi connectivity index (χ3v) is 4.01. The van der Waals surface area contributed by atoms with Crippen molar-refractivity contribution in [1.82, 2.24) is 10.3 Å². The highest BCUT2D eigenvalue weighted by atomic mass is 16.2. The summed E-state index contributed by atoms with van der Waals surface area (Å²) in [5.41, 5.74) is 7.96. The highest BCUT2D eigenvalue weighted by molar-refractivity contribution is 5.98. The van der Waals surface area contributed by atoms with Crippen molar-refractivity contribution in [2.24, 2.45) is 0 Å². The molecule has 1 saturated carbocycles. The van der Waals surface area contributed by atoms with Crippen LogP contribution >= 0.6 is 0 Å². The van der Waals surface area contributed by atoms with Crippen molar-refractivity contribution in [3.8, 4) is 0 Å². The summed E-state index contributed by atoms with van der Waals surface area (Å²) >= 11 is 0. The largest absolute Gasteiger partial charge is 0.399 e. The average Bonchev–Trinajstić information content (AvgIpc) is 2.95. The van der Waals surface area contributed by atoms with E-state index >= 15 is 0 Å². The highest BCUT2D eigenvalue weighted by Gasteiger charge is 2.30. The molecule has 0 bridgehead atoms. The number of carbonyl (C=O) groups is 1. The first-order valence-electron chi connectivity index (χ1n) is 6.77. The van der Waals surface area contributed by atoms with Crippen LogP contribution in [0.3, 0.4) is 0 Å². The zero-order valence-corrected chi connectivity index (χ0v) is 11.1. The Bertz CT molecular complexity index is 623. The summed E-state index contributed by atoms with van der Waals surface area (Å²) in [7, 11) is 0. The van der Waals surface area contributed by atoms with Gasteiger partial charge in [-0.25, -0.2) is 0 Å². The smallest absolute Gasteiger partial charge is 0.268 e. The molecule has 1 aromatic carbocycles. The summed E-state index contributed by atoms with van der Waals surface area (Å²) < 4.78 is 0. The maximum absolute atomic E-state index is 12.3. The molecule has 0 aliphatic heterocycles. The van der Waals surface area contributed by atoms with Crippen LogP contribution in [0.1, 0.15) is 43.1 Å². The molecule has 3 rings (SSSR count). The van der Waals surface area contributed by atoms with Gasteiger partial charge in [-0.1, -0.05) is 12.8 Å². The quantitative estimate of drug-likeness (QED) is 0.724. The van der Waals surface area contributed by atoms with Crippen LogP contribution in [-0.2, 0) is 0 Å². The summed E-state index contributed by atoms with van der Waals surface area (Å²) in [6, 6.07) is 7.47. The van der Waals surface area contributed by atoms with Crippen molar-refractivity contribution in [3.63, 3.8) is 0 Å². The number of nitrogens with one attached hydrogen (secondary N) is 2. The second kappa shape index (κ2) is 4.30. The van der Waals surface area contributed by atoms with Crippen LogP contribution < -0.4 is 11.1 Å². The van der Waals surface area contributed by atoms with Crippen LogP contribution in [0.4, 0.5) is 5.69 Å². The number of anilines is 1. The van der Waals surface area contributed by atoms with E-state index in [0.29, 0.717) is 11.4 Å². The Balaban J connectivity index is 1.85. The van der Waals surface area contributed by atoms with E-state index < -0.39 is 0 Å². The van der Waals surface area contributed by atoms with Gasteiger partial charge in [0.15, 0.2) is 0 Å². The Labute approximate surface area is 112 Å². The molecule has 1 heterocycles. The number of nitrogen functional groups attached to an aromatic ring is 1. The highest BCUT2D eigenvalue weighted by Crippen LogP contribution is 2.29. The minimum absolute atomic E-state index is 0.0285. The fourth-order valence-corrected chi connectivity index (χ4v) is 2.90. The minimum Gasteiger partial charge on any atom is -0.399 e. The van der Waals surface area contributed by atoms with E-state index in [1.165, 1.54) is 12.8 Å². The number of aromatic amines is 1. The Hall–Kier alpha value is -1.97. The summed E-state index contributed by atoms with van der Waals surface area (Å²) in [5.74, 6) is -0.0285. The number of nitrogens with two attached hydrogens (primary N) is 1. The van der Waals surface area contributed by atoms with Crippen LogP contribution in [0.5, 0.6) is 0 Å². The number of hydrogen-bond acceptors (Lipinski definition) is 2. The molecule has 1 aliphatic carbocycles. The first-order chi connectivity index (χ1) is 9.06. The molecule has 0 radical (unpaired) electrons. The van der Waals surface area contributed by atoms with E-state index in [1.54, 1.807) is 0 Å². The minimum atomic E-state index is -0.0482. The zero-order chi connectivity index (χ0) is 13.5. The second-order valence-corrected chi connectivity index (χ2v) is 5.75. The van der Waals surface area contributed by atoms with Crippen LogP contribution in [0.15, 0.2) is 24.3 Å². The molecule has 1 aromatic heterocycles. The number of amides is 1. The van der Waals surface area contributed by atoms with Gasteiger partial charge in [-0.2, -0.15) is 0 Å². The normalized spacial score (nSPS) is 17.7. The molecule has 0 saturated heterocycles. The van der Waals surface area contributed by atoms with E-state index in [-0.39, 0.29) is 11.4 Å². The van der Waals surface area contributed by atoms with Gasteiger partial charge in [0.05, 0.1) is 0 Å². The van der Waals surface area contributed by atoms with Gasteiger partial charge in [0.1, 0.15) is 5.69 Å². The van der Waals surface area contributed by atoms with Crippen molar-refractivity contribution in [3.05, 3.63) is 30.0 Å². The van der Waals surface area contributed by atoms with Gasteiger partial charge >= 0.3 is 0 Å². The molecule has 0 unspecified atom stereocenters. The fourth-order valence-electron chi connectivity index (χ4n) is 2.90. The fraction of sp³-hybridized carbons (Fsp3) is 0.400. The van der Waals surface area contributed by atoms with Gasteiger partial charge in [0.2, 0.25) is 0 Å². The maximum Gasteiger partial charge on any atom is 0.268 e. The van der Waals surface area contributed by atoms with Gasteiger partial charge in [-0.05, 0) is 44.0 Å². The third-order valence-electron chi connectivity index (χ3n) is 4.01.